The van der Waals surface area contributed by atoms with Crippen LogP contribution in [0.5, 0.6) is 0 Å². The van der Waals surface area contributed by atoms with Crippen LogP contribution in [0.4, 0.5) is 0 Å². The summed E-state index contributed by atoms with van der Waals surface area (Å²) in [7, 11) is -1.36. The molecule has 2 aromatic rings. The highest BCUT2D eigenvalue weighted by atomic mass is 32.2. The second kappa shape index (κ2) is 5.95. The average molecular weight is 357 g/mol. The van der Waals surface area contributed by atoms with Crippen LogP contribution in [0.15, 0.2) is 35.2 Å². The smallest absolute Gasteiger partial charge is 0.312 e. The molecule has 1 fully saturated rings. The van der Waals surface area contributed by atoms with Gasteiger partial charge in [-0.25, -0.2) is 0 Å². The van der Waals surface area contributed by atoms with Gasteiger partial charge >= 0.3 is 5.97 Å². The van der Waals surface area contributed by atoms with Gasteiger partial charge in [-0.05, 0) is 36.8 Å². The van der Waals surface area contributed by atoms with Crippen molar-refractivity contribution >= 4 is 22.6 Å². The van der Waals surface area contributed by atoms with Gasteiger partial charge in [0.25, 0.3) is 0 Å². The maximum absolute atomic E-state index is 13.1. The Bertz CT molecular complexity index is 893. The quantitative estimate of drug-likeness (QED) is 0.835. The number of ketones is 1. The van der Waals surface area contributed by atoms with Gasteiger partial charge in [-0.1, -0.05) is 24.3 Å². The topological polar surface area (TPSA) is 76.4 Å². The summed E-state index contributed by atoms with van der Waals surface area (Å²) in [5.74, 6) is -1.11. The minimum atomic E-state index is -1.36. The normalized spacial score (nSPS) is 20.3. The molecule has 1 saturated carbocycles. The second-order valence-corrected chi connectivity index (χ2v) is 8.14. The fourth-order valence-electron chi connectivity index (χ4n) is 3.64. The number of aromatic nitrogens is 1. The zero-order valence-electron chi connectivity index (χ0n) is 13.9. The van der Waals surface area contributed by atoms with E-state index in [1.54, 1.807) is 10.6 Å². The molecule has 1 aromatic carbocycles. The highest BCUT2D eigenvalue weighted by Crippen LogP contribution is 2.40. The molecule has 25 heavy (non-hydrogen) atoms. The number of rotatable bonds is 5. The molecule has 0 spiro atoms. The number of carboxylic acid groups (broad SMARTS) is 1. The predicted molar refractivity (Wildman–Crippen MR) is 93.6 cm³/mol. The van der Waals surface area contributed by atoms with Crippen LogP contribution < -0.4 is 0 Å². The zero-order valence-corrected chi connectivity index (χ0v) is 14.7. The Morgan fingerprint density at radius 3 is 2.40 bits per heavy atom. The van der Waals surface area contributed by atoms with Gasteiger partial charge in [-0.15, -0.1) is 0 Å². The molecule has 2 aliphatic rings. The molecule has 130 valence electrons. The first kappa shape index (κ1) is 16.3. The van der Waals surface area contributed by atoms with E-state index in [0.29, 0.717) is 40.7 Å². The molecule has 1 aliphatic carbocycles. The predicted octanol–water partition coefficient (Wildman–Crippen LogP) is 2.91. The molecular formula is C19H19NO4S. The monoisotopic (exact) mass is 357 g/mol. The minimum absolute atomic E-state index is 0.190. The largest absolute Gasteiger partial charge is 0.481 e. The lowest BCUT2D eigenvalue weighted by Crippen LogP contribution is -2.12. The van der Waals surface area contributed by atoms with E-state index in [0.717, 1.165) is 0 Å². The Labute approximate surface area is 148 Å². The lowest BCUT2D eigenvalue weighted by molar-refractivity contribution is -0.138. The Morgan fingerprint density at radius 1 is 1.16 bits per heavy atom. The summed E-state index contributed by atoms with van der Waals surface area (Å²) >= 11 is 0. The third kappa shape index (κ3) is 2.74. The zero-order chi connectivity index (χ0) is 17.7. The molecule has 4 rings (SSSR count). The van der Waals surface area contributed by atoms with E-state index in [1.807, 2.05) is 24.3 Å². The number of nitrogens with zero attached hydrogens (tertiary/aromatic N) is 1. The Morgan fingerprint density at radius 2 is 1.84 bits per heavy atom. The number of benzene rings is 1. The van der Waals surface area contributed by atoms with Gasteiger partial charge < -0.3 is 9.67 Å². The van der Waals surface area contributed by atoms with E-state index in [2.05, 4.69) is 0 Å². The molecule has 1 aromatic heterocycles. The third-order valence-electron chi connectivity index (χ3n) is 5.14. The first-order chi connectivity index (χ1) is 12.0. The van der Waals surface area contributed by atoms with Gasteiger partial charge in [-0.2, -0.15) is 0 Å². The van der Waals surface area contributed by atoms with Gasteiger partial charge in [0, 0.05) is 24.1 Å². The average Bonchev–Trinajstić information content (AvgIpc) is 3.24. The second-order valence-electron chi connectivity index (χ2n) is 6.79. The molecule has 1 N–H and O–H groups in total. The van der Waals surface area contributed by atoms with Gasteiger partial charge in [0.15, 0.2) is 0 Å². The molecule has 0 radical (unpaired) electrons. The Hall–Kier alpha value is -2.21. The van der Waals surface area contributed by atoms with E-state index >= 15 is 0 Å². The molecule has 1 aliphatic heterocycles. The highest BCUT2D eigenvalue weighted by Gasteiger charge is 2.35. The first-order valence-electron chi connectivity index (χ1n) is 8.41. The lowest BCUT2D eigenvalue weighted by atomic mass is 10.0. The maximum Gasteiger partial charge on any atom is 0.312 e. The molecule has 2 heterocycles. The van der Waals surface area contributed by atoms with Gasteiger partial charge in [0.1, 0.15) is 5.69 Å². The highest BCUT2D eigenvalue weighted by molar-refractivity contribution is 7.84. The standard InChI is InChI=1S/C19H19NO4S/c1-25(24)16-10-15-14(19(22)23)8-9-20(15)17(16)18(21)13-6-4-12(5-7-13)11-2-3-11/h4-7,10-11,14H,2-3,8-9H2,1H3,(H,22,23). The summed E-state index contributed by atoms with van der Waals surface area (Å²) in [4.78, 5) is 24.9. The molecule has 2 unspecified atom stereocenters. The van der Waals surface area contributed by atoms with Crippen LogP contribution in [-0.2, 0) is 22.1 Å². The number of hydrogen-bond donors (Lipinski definition) is 1. The first-order valence-corrected chi connectivity index (χ1v) is 9.97. The van der Waals surface area contributed by atoms with Crippen LogP contribution in [-0.4, -0.2) is 31.9 Å². The van der Waals surface area contributed by atoms with Crippen molar-refractivity contribution in [3.63, 3.8) is 0 Å². The molecule has 0 bridgehead atoms. The van der Waals surface area contributed by atoms with Crippen LogP contribution in [0.2, 0.25) is 0 Å². The SMILES string of the molecule is CS(=O)c1cc2n(c1C(=O)c1ccc(C3CC3)cc1)CCC2C(=O)O. The van der Waals surface area contributed by atoms with E-state index in [9.17, 15) is 18.9 Å². The summed E-state index contributed by atoms with van der Waals surface area (Å²) < 4.78 is 13.9. The Balaban J connectivity index is 1.76. The molecule has 0 saturated heterocycles. The van der Waals surface area contributed by atoms with Crippen LogP contribution >= 0.6 is 0 Å². The van der Waals surface area contributed by atoms with Crippen LogP contribution in [0.1, 0.15) is 58.4 Å². The Kier molecular flexibility index (Phi) is 3.87. The number of fused-ring (bicyclic) bond motifs is 1. The van der Waals surface area contributed by atoms with Gasteiger partial charge in [-0.3, -0.25) is 13.8 Å². The fourth-order valence-corrected chi connectivity index (χ4v) is 4.40. The number of carboxylic acids is 1. The van der Waals surface area contributed by atoms with Crippen LogP contribution in [0, 0.1) is 0 Å². The van der Waals surface area contributed by atoms with Crippen molar-refractivity contribution in [2.45, 2.75) is 42.5 Å². The van der Waals surface area contributed by atoms with Gasteiger partial charge in [0.2, 0.25) is 5.78 Å². The maximum atomic E-state index is 13.1. The molecule has 0 amide bonds. The van der Waals surface area contributed by atoms with Crippen molar-refractivity contribution in [2.24, 2.45) is 0 Å². The number of carbonyl (C=O) groups excluding carboxylic acids is 1. The van der Waals surface area contributed by atoms with Crippen LogP contribution in [0.25, 0.3) is 0 Å². The minimum Gasteiger partial charge on any atom is -0.481 e. The summed E-state index contributed by atoms with van der Waals surface area (Å²) in [5, 5.41) is 9.37. The van der Waals surface area contributed by atoms with Crippen LogP contribution in [0.3, 0.4) is 0 Å². The van der Waals surface area contributed by atoms with Crippen molar-refractivity contribution < 1.29 is 18.9 Å². The van der Waals surface area contributed by atoms with Crippen molar-refractivity contribution in [3.05, 3.63) is 52.8 Å². The fraction of sp³-hybridized carbons (Fsp3) is 0.368. The summed E-state index contributed by atoms with van der Waals surface area (Å²) in [6.45, 7) is 0.463. The van der Waals surface area contributed by atoms with E-state index in [1.165, 1.54) is 24.7 Å². The van der Waals surface area contributed by atoms with E-state index in [-0.39, 0.29) is 5.78 Å². The number of aliphatic carboxylic acids is 1. The van der Waals surface area contributed by atoms with Gasteiger partial charge in [0.05, 0.1) is 21.6 Å². The summed E-state index contributed by atoms with van der Waals surface area (Å²) in [5.41, 5.74) is 2.76. The lowest BCUT2D eigenvalue weighted by Gasteiger charge is -2.08. The van der Waals surface area contributed by atoms with Crippen molar-refractivity contribution in [1.82, 2.24) is 4.57 Å². The summed E-state index contributed by atoms with van der Waals surface area (Å²) in [6, 6.07) is 9.25. The number of carbonyl (C=O) groups is 2. The molecule has 6 heteroatoms. The third-order valence-corrected chi connectivity index (χ3v) is 6.07. The number of hydrogen-bond acceptors (Lipinski definition) is 3. The van der Waals surface area contributed by atoms with Crippen molar-refractivity contribution in [3.8, 4) is 0 Å². The van der Waals surface area contributed by atoms with Crippen molar-refractivity contribution in [2.75, 3.05) is 6.26 Å². The van der Waals surface area contributed by atoms with E-state index in [4.69, 9.17) is 0 Å². The van der Waals surface area contributed by atoms with Crippen molar-refractivity contribution in [1.29, 1.82) is 0 Å². The summed E-state index contributed by atoms with van der Waals surface area (Å²) in [6.07, 6.45) is 4.39. The molecule has 5 nitrogen and oxygen atoms in total. The van der Waals surface area contributed by atoms with E-state index < -0.39 is 22.7 Å². The molecular weight excluding hydrogens is 338 g/mol. The molecule has 2 atom stereocenters.